The van der Waals surface area contributed by atoms with Crippen LogP contribution >= 0.6 is 0 Å². The smallest absolute Gasteiger partial charge is 0.259 e. The second kappa shape index (κ2) is 4.33. The Hall–Kier alpha value is -1.56. The van der Waals surface area contributed by atoms with E-state index in [1.165, 1.54) is 6.08 Å². The van der Waals surface area contributed by atoms with E-state index in [1.54, 1.807) is 12.1 Å². The highest BCUT2D eigenvalue weighted by atomic mass is 16.1. The number of hydrogen-bond donors (Lipinski definition) is 1. The number of rotatable bonds is 3. The number of nitriles is 1. The highest BCUT2D eigenvalue weighted by Crippen LogP contribution is 1.93. The highest BCUT2D eigenvalue weighted by Gasteiger charge is 1.99. The molecule has 0 rings (SSSR count). The zero-order valence-electron chi connectivity index (χ0n) is 5.50. The third-order valence-electron chi connectivity index (χ3n) is 0.875. The molecule has 0 spiro atoms. The molecule has 0 aromatic heterocycles. The van der Waals surface area contributed by atoms with E-state index in [-0.39, 0.29) is 5.57 Å². The molecule has 2 N–H and O–H groups in total. The van der Waals surface area contributed by atoms with Gasteiger partial charge in [0.1, 0.15) is 11.6 Å². The lowest BCUT2D eigenvalue weighted by Gasteiger charge is -1.86. The minimum Gasteiger partial charge on any atom is -0.365 e. The predicted octanol–water partition coefficient (Wildman–Crippen LogP) is 0.498. The lowest BCUT2D eigenvalue weighted by atomic mass is 10.2. The summed E-state index contributed by atoms with van der Waals surface area (Å²) in [4.78, 5) is 10.3. The molecule has 0 atom stereocenters. The fourth-order valence-electron chi connectivity index (χ4n) is 0.403. The number of carbonyl (C=O) groups is 1. The number of nitrogens with zero attached hydrogens (tertiary/aromatic N) is 1. The third kappa shape index (κ3) is 2.68. The molecule has 0 saturated heterocycles. The van der Waals surface area contributed by atoms with Gasteiger partial charge in [0.25, 0.3) is 5.91 Å². The molecule has 1 amide bonds. The largest absolute Gasteiger partial charge is 0.365 e. The summed E-state index contributed by atoms with van der Waals surface area (Å²) >= 11 is 0. The van der Waals surface area contributed by atoms with Gasteiger partial charge in [0.05, 0.1) is 0 Å². The number of allylic oxidation sites excluding steroid dienone is 2. The molecule has 0 aliphatic heterocycles. The molecule has 3 nitrogen and oxygen atoms in total. The minimum absolute atomic E-state index is 0.0140. The van der Waals surface area contributed by atoms with Crippen LogP contribution in [0.15, 0.2) is 24.3 Å². The lowest BCUT2D eigenvalue weighted by Crippen LogP contribution is -2.12. The summed E-state index contributed by atoms with van der Waals surface area (Å²) in [6.07, 6.45) is 3.52. The van der Waals surface area contributed by atoms with Crippen LogP contribution in [0.3, 0.4) is 0 Å². The van der Waals surface area contributed by atoms with Crippen molar-refractivity contribution < 1.29 is 4.79 Å². The van der Waals surface area contributed by atoms with E-state index < -0.39 is 5.91 Å². The average Bonchev–Trinajstić information content (AvgIpc) is 1.89. The number of hydrogen-bond acceptors (Lipinski definition) is 2. The molecule has 0 aromatic carbocycles. The zero-order chi connectivity index (χ0) is 7.98. The maximum absolute atomic E-state index is 10.3. The number of nitrogens with two attached hydrogens (primary N) is 1. The van der Waals surface area contributed by atoms with E-state index in [4.69, 9.17) is 11.0 Å². The highest BCUT2D eigenvalue weighted by molar-refractivity contribution is 5.95. The fourth-order valence-corrected chi connectivity index (χ4v) is 0.403. The summed E-state index contributed by atoms with van der Waals surface area (Å²) in [6, 6.07) is 1.68. The fraction of sp³-hybridized carbons (Fsp3) is 0.143. The summed E-state index contributed by atoms with van der Waals surface area (Å²) in [5, 5.41) is 8.27. The van der Waals surface area contributed by atoms with Crippen LogP contribution in [0.1, 0.15) is 6.42 Å². The molecular formula is C7H8N2O. The van der Waals surface area contributed by atoms with Crippen molar-refractivity contribution in [3.05, 3.63) is 24.3 Å². The van der Waals surface area contributed by atoms with Gasteiger partial charge in [-0.1, -0.05) is 12.2 Å². The van der Waals surface area contributed by atoms with Gasteiger partial charge in [-0.25, -0.2) is 0 Å². The first-order valence-corrected chi connectivity index (χ1v) is 2.73. The van der Waals surface area contributed by atoms with Crippen molar-refractivity contribution in [3.8, 4) is 6.07 Å². The van der Waals surface area contributed by atoms with Gasteiger partial charge in [-0.2, -0.15) is 5.26 Å². The molecule has 0 aliphatic carbocycles. The molecule has 0 aromatic rings. The van der Waals surface area contributed by atoms with Gasteiger partial charge in [-0.15, -0.1) is 6.58 Å². The molecule has 10 heavy (non-hydrogen) atoms. The Bertz CT molecular complexity index is 210. The number of amides is 1. The van der Waals surface area contributed by atoms with Gasteiger partial charge < -0.3 is 5.73 Å². The maximum atomic E-state index is 10.3. The molecule has 52 valence electrons. The Morgan fingerprint density at radius 2 is 2.40 bits per heavy atom. The Balaban J connectivity index is 4.22. The minimum atomic E-state index is -0.690. The van der Waals surface area contributed by atoms with Crippen molar-refractivity contribution in [1.82, 2.24) is 0 Å². The van der Waals surface area contributed by atoms with Crippen molar-refractivity contribution in [1.29, 1.82) is 5.26 Å². The van der Waals surface area contributed by atoms with Gasteiger partial charge >= 0.3 is 0 Å². The number of primary amides is 1. The van der Waals surface area contributed by atoms with Crippen molar-refractivity contribution in [2.75, 3.05) is 0 Å². The molecular weight excluding hydrogens is 128 g/mol. The summed E-state index contributed by atoms with van der Waals surface area (Å²) in [5.74, 6) is -0.690. The predicted molar refractivity (Wildman–Crippen MR) is 37.7 cm³/mol. The quantitative estimate of drug-likeness (QED) is 0.348. The Morgan fingerprint density at radius 3 is 2.70 bits per heavy atom. The van der Waals surface area contributed by atoms with E-state index >= 15 is 0 Å². The van der Waals surface area contributed by atoms with Gasteiger partial charge in [-0.05, 0) is 6.42 Å². The normalized spacial score (nSPS) is 10.1. The van der Waals surface area contributed by atoms with Crippen molar-refractivity contribution in [3.63, 3.8) is 0 Å². The van der Waals surface area contributed by atoms with Crippen LogP contribution in [-0.4, -0.2) is 5.91 Å². The Morgan fingerprint density at radius 1 is 1.80 bits per heavy atom. The standard InChI is InChI=1S/C7H8N2O/c1-2-3-4-6(5-8)7(9)10/h2,4H,1,3H2,(H2,9,10)/b6-4-. The van der Waals surface area contributed by atoms with Crippen LogP contribution in [0.5, 0.6) is 0 Å². The number of carbonyl (C=O) groups excluding carboxylic acids is 1. The first-order chi connectivity index (χ1) is 4.72. The molecule has 0 radical (unpaired) electrons. The van der Waals surface area contributed by atoms with Crippen molar-refractivity contribution in [2.24, 2.45) is 5.73 Å². The van der Waals surface area contributed by atoms with Gasteiger partial charge in [0.15, 0.2) is 0 Å². The Labute approximate surface area is 59.4 Å². The molecule has 0 fully saturated rings. The van der Waals surface area contributed by atoms with E-state index in [0.29, 0.717) is 6.42 Å². The molecule has 0 unspecified atom stereocenters. The van der Waals surface area contributed by atoms with Crippen molar-refractivity contribution >= 4 is 5.91 Å². The molecule has 0 bridgehead atoms. The summed E-state index contributed by atoms with van der Waals surface area (Å²) in [5.41, 5.74) is 4.81. The lowest BCUT2D eigenvalue weighted by molar-refractivity contribution is -0.114. The van der Waals surface area contributed by atoms with E-state index in [2.05, 4.69) is 6.58 Å². The second-order valence-electron chi connectivity index (χ2n) is 1.62. The molecule has 3 heteroatoms. The van der Waals surface area contributed by atoms with E-state index in [0.717, 1.165) is 0 Å². The van der Waals surface area contributed by atoms with Gasteiger partial charge in [-0.3, -0.25) is 4.79 Å². The average molecular weight is 136 g/mol. The summed E-state index contributed by atoms with van der Waals surface area (Å²) < 4.78 is 0. The second-order valence-corrected chi connectivity index (χ2v) is 1.62. The monoisotopic (exact) mass is 136 g/mol. The van der Waals surface area contributed by atoms with Crippen LogP contribution in [0.2, 0.25) is 0 Å². The third-order valence-corrected chi connectivity index (χ3v) is 0.875. The molecule has 0 saturated carbocycles. The van der Waals surface area contributed by atoms with Crippen LogP contribution in [0.4, 0.5) is 0 Å². The van der Waals surface area contributed by atoms with Crippen LogP contribution in [0.25, 0.3) is 0 Å². The zero-order valence-corrected chi connectivity index (χ0v) is 5.50. The van der Waals surface area contributed by atoms with Crippen molar-refractivity contribution in [2.45, 2.75) is 6.42 Å². The van der Waals surface area contributed by atoms with Gasteiger partial charge in [0, 0.05) is 0 Å². The first-order valence-electron chi connectivity index (χ1n) is 2.73. The summed E-state index contributed by atoms with van der Waals surface area (Å²) in [7, 11) is 0. The van der Waals surface area contributed by atoms with Crippen LogP contribution in [0, 0.1) is 11.3 Å². The molecule has 0 heterocycles. The maximum Gasteiger partial charge on any atom is 0.259 e. The summed E-state index contributed by atoms with van der Waals surface area (Å²) in [6.45, 7) is 3.42. The first kappa shape index (κ1) is 8.44. The van der Waals surface area contributed by atoms with Gasteiger partial charge in [0.2, 0.25) is 0 Å². The Kier molecular flexibility index (Phi) is 3.66. The SMILES string of the molecule is C=CC/C=C(/C#N)C(N)=O. The van der Waals surface area contributed by atoms with E-state index in [9.17, 15) is 4.79 Å². The van der Waals surface area contributed by atoms with E-state index in [1.807, 2.05) is 0 Å². The molecule has 0 aliphatic rings. The topological polar surface area (TPSA) is 66.9 Å². The van der Waals surface area contributed by atoms with Crippen LogP contribution in [-0.2, 0) is 4.79 Å². The van der Waals surface area contributed by atoms with Crippen LogP contribution < -0.4 is 5.73 Å².